The molecule has 1 heterocycles. The normalized spacial score (nSPS) is 19.4. The van der Waals surface area contributed by atoms with E-state index in [0.29, 0.717) is 18.9 Å². The zero-order valence-corrected chi connectivity index (χ0v) is 12.9. The van der Waals surface area contributed by atoms with Gasteiger partial charge in [-0.1, -0.05) is 38.1 Å². The molecule has 0 radical (unpaired) electrons. The fourth-order valence-corrected chi connectivity index (χ4v) is 2.49. The van der Waals surface area contributed by atoms with Gasteiger partial charge in [-0.15, -0.1) is 0 Å². The molecule has 1 aliphatic rings. The van der Waals surface area contributed by atoms with Crippen molar-refractivity contribution < 1.29 is 14.3 Å². The first-order valence-electron chi connectivity index (χ1n) is 7.53. The zero-order valence-electron chi connectivity index (χ0n) is 12.9. The van der Waals surface area contributed by atoms with E-state index in [1.807, 2.05) is 19.1 Å². The second kappa shape index (κ2) is 6.74. The SMILES string of the molecule is CC(C)Cc1ccc([C@H](C)C(=O)N[C@H]2CCOC2=O)cc1. The van der Waals surface area contributed by atoms with E-state index in [0.717, 1.165) is 12.0 Å². The van der Waals surface area contributed by atoms with Gasteiger partial charge in [0.05, 0.1) is 12.5 Å². The molecule has 0 saturated carbocycles. The lowest BCUT2D eigenvalue weighted by atomic mass is 9.96. The molecule has 2 atom stereocenters. The molecule has 0 aliphatic carbocycles. The Morgan fingerprint density at radius 2 is 1.95 bits per heavy atom. The van der Waals surface area contributed by atoms with Crippen molar-refractivity contribution in [2.45, 2.75) is 45.6 Å². The zero-order chi connectivity index (χ0) is 15.4. The summed E-state index contributed by atoms with van der Waals surface area (Å²) < 4.78 is 4.85. The molecule has 21 heavy (non-hydrogen) atoms. The predicted octanol–water partition coefficient (Wildman–Crippen LogP) is 2.42. The largest absolute Gasteiger partial charge is 0.464 e. The van der Waals surface area contributed by atoms with E-state index in [9.17, 15) is 9.59 Å². The Hall–Kier alpha value is -1.84. The molecule has 2 rings (SSSR count). The van der Waals surface area contributed by atoms with Crippen LogP contribution in [0.25, 0.3) is 0 Å². The summed E-state index contributed by atoms with van der Waals surface area (Å²) >= 11 is 0. The molecule has 1 aromatic carbocycles. The van der Waals surface area contributed by atoms with E-state index in [4.69, 9.17) is 4.74 Å². The molecule has 1 N–H and O–H groups in total. The average Bonchev–Trinajstić information content (AvgIpc) is 2.83. The summed E-state index contributed by atoms with van der Waals surface area (Å²) in [6.07, 6.45) is 1.60. The average molecular weight is 289 g/mol. The number of ether oxygens (including phenoxy) is 1. The van der Waals surface area contributed by atoms with Crippen molar-refractivity contribution in [1.82, 2.24) is 5.32 Å². The van der Waals surface area contributed by atoms with Crippen molar-refractivity contribution in [3.8, 4) is 0 Å². The van der Waals surface area contributed by atoms with Crippen LogP contribution < -0.4 is 5.32 Å². The highest BCUT2D eigenvalue weighted by atomic mass is 16.5. The number of rotatable bonds is 5. The summed E-state index contributed by atoms with van der Waals surface area (Å²) in [5, 5.41) is 2.76. The van der Waals surface area contributed by atoms with Gasteiger partial charge < -0.3 is 10.1 Å². The lowest BCUT2D eigenvalue weighted by molar-refractivity contribution is -0.141. The number of hydrogen-bond donors (Lipinski definition) is 1. The molecule has 1 aliphatic heterocycles. The van der Waals surface area contributed by atoms with Gasteiger partial charge >= 0.3 is 5.97 Å². The highest BCUT2D eigenvalue weighted by Crippen LogP contribution is 2.18. The summed E-state index contributed by atoms with van der Waals surface area (Å²) in [6, 6.07) is 7.65. The highest BCUT2D eigenvalue weighted by Gasteiger charge is 2.29. The molecule has 4 heteroatoms. The third-order valence-electron chi connectivity index (χ3n) is 3.77. The summed E-state index contributed by atoms with van der Waals surface area (Å²) in [7, 11) is 0. The molecule has 0 bridgehead atoms. The fraction of sp³-hybridized carbons (Fsp3) is 0.529. The lowest BCUT2D eigenvalue weighted by Crippen LogP contribution is -2.40. The van der Waals surface area contributed by atoms with Gasteiger partial charge in [-0.3, -0.25) is 4.79 Å². The first-order valence-corrected chi connectivity index (χ1v) is 7.53. The number of carbonyl (C=O) groups excluding carboxylic acids is 2. The second-order valence-electron chi connectivity index (χ2n) is 6.08. The smallest absolute Gasteiger partial charge is 0.328 e. The number of amides is 1. The molecule has 0 spiro atoms. The number of nitrogens with one attached hydrogen (secondary N) is 1. The van der Waals surface area contributed by atoms with Gasteiger partial charge in [0.1, 0.15) is 6.04 Å². The van der Waals surface area contributed by atoms with Crippen LogP contribution in [0.5, 0.6) is 0 Å². The number of esters is 1. The molecule has 1 amide bonds. The first kappa shape index (κ1) is 15.5. The van der Waals surface area contributed by atoms with Crippen LogP contribution >= 0.6 is 0 Å². The quantitative estimate of drug-likeness (QED) is 0.847. The third kappa shape index (κ3) is 4.06. The van der Waals surface area contributed by atoms with Crippen LogP contribution in [-0.2, 0) is 20.7 Å². The van der Waals surface area contributed by atoms with Gasteiger partial charge in [0.15, 0.2) is 0 Å². The lowest BCUT2D eigenvalue weighted by Gasteiger charge is -2.15. The van der Waals surface area contributed by atoms with Gasteiger partial charge in [-0.05, 0) is 30.4 Å². The van der Waals surface area contributed by atoms with Gasteiger partial charge in [0.25, 0.3) is 0 Å². The minimum atomic E-state index is -0.486. The van der Waals surface area contributed by atoms with Crippen molar-refractivity contribution in [2.75, 3.05) is 6.61 Å². The molecule has 1 fully saturated rings. The van der Waals surface area contributed by atoms with Gasteiger partial charge in [0.2, 0.25) is 5.91 Å². The summed E-state index contributed by atoms with van der Waals surface area (Å²) in [4.78, 5) is 23.6. The monoisotopic (exact) mass is 289 g/mol. The Balaban J connectivity index is 1.96. The Kier molecular flexibility index (Phi) is 4.99. The molecular formula is C17H23NO3. The van der Waals surface area contributed by atoms with E-state index in [2.05, 4.69) is 31.3 Å². The van der Waals surface area contributed by atoms with Crippen molar-refractivity contribution in [1.29, 1.82) is 0 Å². The maximum absolute atomic E-state index is 12.2. The standard InChI is InChI=1S/C17H23NO3/c1-11(2)10-13-4-6-14(7-5-13)12(3)16(19)18-15-8-9-21-17(15)20/h4-7,11-12,15H,8-10H2,1-3H3,(H,18,19)/t12-,15-/m0/s1. The first-order chi connectivity index (χ1) is 9.97. The van der Waals surface area contributed by atoms with E-state index in [1.54, 1.807) is 0 Å². The van der Waals surface area contributed by atoms with Crippen molar-refractivity contribution in [3.05, 3.63) is 35.4 Å². The maximum Gasteiger partial charge on any atom is 0.328 e. The third-order valence-corrected chi connectivity index (χ3v) is 3.77. The minimum Gasteiger partial charge on any atom is -0.464 e. The molecule has 4 nitrogen and oxygen atoms in total. The number of carbonyl (C=O) groups is 2. The molecular weight excluding hydrogens is 266 g/mol. The van der Waals surface area contributed by atoms with Crippen LogP contribution in [0.1, 0.15) is 44.2 Å². The van der Waals surface area contributed by atoms with Gasteiger partial charge in [-0.25, -0.2) is 4.79 Å². The van der Waals surface area contributed by atoms with Gasteiger partial charge in [0, 0.05) is 6.42 Å². The van der Waals surface area contributed by atoms with Crippen LogP contribution in [0.4, 0.5) is 0 Å². The highest BCUT2D eigenvalue weighted by molar-refractivity contribution is 5.88. The Labute approximate surface area is 125 Å². The van der Waals surface area contributed by atoms with Crippen molar-refractivity contribution in [2.24, 2.45) is 5.92 Å². The number of cyclic esters (lactones) is 1. The van der Waals surface area contributed by atoms with Crippen LogP contribution in [0.2, 0.25) is 0 Å². The minimum absolute atomic E-state index is 0.129. The number of hydrogen-bond acceptors (Lipinski definition) is 3. The molecule has 1 aromatic rings. The Bertz CT molecular complexity index is 507. The fourth-order valence-electron chi connectivity index (χ4n) is 2.49. The Morgan fingerprint density at radius 3 is 2.48 bits per heavy atom. The van der Waals surface area contributed by atoms with E-state index >= 15 is 0 Å². The molecule has 0 unspecified atom stereocenters. The van der Waals surface area contributed by atoms with E-state index < -0.39 is 6.04 Å². The van der Waals surface area contributed by atoms with Crippen LogP contribution in [0.3, 0.4) is 0 Å². The summed E-state index contributed by atoms with van der Waals surface area (Å²) in [6.45, 7) is 6.62. The maximum atomic E-state index is 12.2. The molecule has 114 valence electrons. The number of benzene rings is 1. The molecule has 1 saturated heterocycles. The van der Waals surface area contributed by atoms with Gasteiger partial charge in [-0.2, -0.15) is 0 Å². The van der Waals surface area contributed by atoms with E-state index in [1.165, 1.54) is 5.56 Å². The van der Waals surface area contributed by atoms with Crippen LogP contribution in [-0.4, -0.2) is 24.5 Å². The summed E-state index contributed by atoms with van der Waals surface area (Å²) in [5.74, 6) is -0.116. The topological polar surface area (TPSA) is 55.4 Å². The van der Waals surface area contributed by atoms with Crippen molar-refractivity contribution >= 4 is 11.9 Å². The van der Waals surface area contributed by atoms with E-state index in [-0.39, 0.29) is 17.8 Å². The van der Waals surface area contributed by atoms with Crippen molar-refractivity contribution in [3.63, 3.8) is 0 Å². The Morgan fingerprint density at radius 1 is 1.29 bits per heavy atom. The predicted molar refractivity (Wildman–Crippen MR) is 80.9 cm³/mol. The molecule has 0 aromatic heterocycles. The van der Waals surface area contributed by atoms with Crippen LogP contribution in [0, 0.1) is 5.92 Å². The summed E-state index contributed by atoms with van der Waals surface area (Å²) in [5.41, 5.74) is 2.24. The van der Waals surface area contributed by atoms with Crippen LogP contribution in [0.15, 0.2) is 24.3 Å². The second-order valence-corrected chi connectivity index (χ2v) is 6.08.